The van der Waals surface area contributed by atoms with E-state index in [4.69, 9.17) is 4.74 Å². The highest BCUT2D eigenvalue weighted by atomic mass is 32.2. The molecule has 1 aromatic rings. The summed E-state index contributed by atoms with van der Waals surface area (Å²) in [5.41, 5.74) is 2.51. The van der Waals surface area contributed by atoms with Gasteiger partial charge in [-0.3, -0.25) is 0 Å². The first kappa shape index (κ1) is 15.3. The summed E-state index contributed by atoms with van der Waals surface area (Å²) in [6.45, 7) is 6.26. The normalized spacial score (nSPS) is 20.6. The summed E-state index contributed by atoms with van der Waals surface area (Å²) in [6.07, 6.45) is 0.498. The number of aliphatic hydroxyl groups is 1. The Morgan fingerprint density at radius 2 is 1.65 bits per heavy atom. The molecule has 1 N–H and O–H groups in total. The van der Waals surface area contributed by atoms with Crippen molar-refractivity contribution < 1.29 is 18.3 Å². The van der Waals surface area contributed by atoms with Crippen LogP contribution in [0.3, 0.4) is 0 Å². The number of hydrogen-bond donors (Lipinski definition) is 1. The summed E-state index contributed by atoms with van der Waals surface area (Å²) in [7, 11) is -2.97. The first-order valence-corrected chi connectivity index (χ1v) is 8.66. The van der Waals surface area contributed by atoms with Gasteiger partial charge in [0.1, 0.15) is 18.0 Å². The molecule has 1 heterocycles. The van der Waals surface area contributed by atoms with Crippen molar-refractivity contribution >= 4 is 9.84 Å². The maximum atomic E-state index is 11.4. The van der Waals surface area contributed by atoms with Gasteiger partial charge in [-0.05, 0) is 62.4 Å². The van der Waals surface area contributed by atoms with Gasteiger partial charge >= 0.3 is 0 Å². The lowest BCUT2D eigenvalue weighted by Crippen LogP contribution is -2.43. The van der Waals surface area contributed by atoms with E-state index in [2.05, 4.69) is 6.92 Å². The van der Waals surface area contributed by atoms with E-state index in [1.807, 2.05) is 26.0 Å². The van der Waals surface area contributed by atoms with Crippen molar-refractivity contribution in [3.05, 3.63) is 28.8 Å². The van der Waals surface area contributed by atoms with E-state index in [0.717, 1.165) is 16.9 Å². The third-order valence-electron chi connectivity index (χ3n) is 4.16. The van der Waals surface area contributed by atoms with E-state index >= 15 is 0 Å². The zero-order valence-electron chi connectivity index (χ0n) is 12.3. The summed E-state index contributed by atoms with van der Waals surface area (Å²) in [4.78, 5) is 0. The molecule has 0 aliphatic carbocycles. The summed E-state index contributed by atoms with van der Waals surface area (Å²) in [5, 5.41) is 10.4. The van der Waals surface area contributed by atoms with Crippen molar-refractivity contribution in [3.63, 3.8) is 0 Å². The Bertz CT molecular complexity index is 567. The fourth-order valence-corrected chi connectivity index (χ4v) is 3.95. The van der Waals surface area contributed by atoms with Crippen LogP contribution in [0.5, 0.6) is 5.75 Å². The molecule has 4 nitrogen and oxygen atoms in total. The molecule has 0 unspecified atom stereocenters. The van der Waals surface area contributed by atoms with Gasteiger partial charge in [0, 0.05) is 0 Å². The molecule has 0 atom stereocenters. The van der Waals surface area contributed by atoms with Gasteiger partial charge in [0.05, 0.1) is 11.5 Å². The third-order valence-corrected chi connectivity index (χ3v) is 5.82. The molecule has 1 saturated heterocycles. The Morgan fingerprint density at radius 1 is 1.15 bits per heavy atom. The van der Waals surface area contributed by atoms with Crippen molar-refractivity contribution in [1.29, 1.82) is 0 Å². The number of sulfone groups is 1. The number of ether oxygens (including phenoxy) is 1. The maximum Gasteiger partial charge on any atom is 0.150 e. The van der Waals surface area contributed by atoms with Gasteiger partial charge in [0.2, 0.25) is 0 Å². The molecule has 0 amide bonds. The monoisotopic (exact) mass is 298 g/mol. The lowest BCUT2D eigenvalue weighted by molar-refractivity contribution is -0.0128. The highest BCUT2D eigenvalue weighted by Gasteiger charge is 2.36. The zero-order chi connectivity index (χ0) is 15.0. The highest BCUT2D eigenvalue weighted by Crippen LogP contribution is 2.26. The standard InChI is InChI=1S/C15H22O4S/c1-11-8-14(9-12(2)13(11)3)19-10-15(16)4-6-20(17,18)7-5-15/h8-9,16H,4-7,10H2,1-3H3. The summed E-state index contributed by atoms with van der Waals surface area (Å²) in [5.74, 6) is 0.810. The van der Waals surface area contributed by atoms with Gasteiger partial charge in [-0.15, -0.1) is 0 Å². The van der Waals surface area contributed by atoms with E-state index in [-0.39, 0.29) is 31.0 Å². The second-order valence-electron chi connectivity index (χ2n) is 5.85. The minimum absolute atomic E-state index is 0.0405. The fourth-order valence-electron chi connectivity index (χ4n) is 2.36. The van der Waals surface area contributed by atoms with Crippen LogP contribution >= 0.6 is 0 Å². The van der Waals surface area contributed by atoms with E-state index in [0.29, 0.717) is 0 Å². The van der Waals surface area contributed by atoms with Crippen LogP contribution in [0, 0.1) is 20.8 Å². The average molecular weight is 298 g/mol. The molecule has 0 aromatic heterocycles. The summed E-state index contributed by atoms with van der Waals surface area (Å²) < 4.78 is 28.5. The predicted octanol–water partition coefficient (Wildman–Crippen LogP) is 1.93. The Hall–Kier alpha value is -1.07. The molecular formula is C15H22O4S. The highest BCUT2D eigenvalue weighted by molar-refractivity contribution is 7.91. The van der Waals surface area contributed by atoms with Gasteiger partial charge in [0.15, 0.2) is 9.84 Å². The molecule has 20 heavy (non-hydrogen) atoms. The number of rotatable bonds is 3. The van der Waals surface area contributed by atoms with E-state index in [1.165, 1.54) is 5.56 Å². The van der Waals surface area contributed by atoms with Gasteiger partial charge < -0.3 is 9.84 Å². The average Bonchev–Trinajstić information content (AvgIpc) is 2.38. The third kappa shape index (κ3) is 3.52. The van der Waals surface area contributed by atoms with E-state index < -0.39 is 15.4 Å². The minimum Gasteiger partial charge on any atom is -0.491 e. The van der Waals surface area contributed by atoms with Crippen LogP contribution in [-0.2, 0) is 9.84 Å². The molecule has 1 aromatic carbocycles. The van der Waals surface area contributed by atoms with Gasteiger partial charge in [0.25, 0.3) is 0 Å². The van der Waals surface area contributed by atoms with E-state index in [1.54, 1.807) is 0 Å². The van der Waals surface area contributed by atoms with Crippen molar-refractivity contribution in [2.75, 3.05) is 18.1 Å². The Labute approximate surface area is 120 Å². The predicted molar refractivity (Wildman–Crippen MR) is 79.0 cm³/mol. The molecule has 0 spiro atoms. The van der Waals surface area contributed by atoms with Crippen molar-refractivity contribution in [1.82, 2.24) is 0 Å². The second-order valence-corrected chi connectivity index (χ2v) is 8.15. The van der Waals surface area contributed by atoms with Crippen LogP contribution in [0.2, 0.25) is 0 Å². The zero-order valence-corrected chi connectivity index (χ0v) is 13.1. The van der Waals surface area contributed by atoms with Crippen molar-refractivity contribution in [3.8, 4) is 5.75 Å². The molecule has 112 valence electrons. The number of hydrogen-bond acceptors (Lipinski definition) is 4. The van der Waals surface area contributed by atoms with Gasteiger partial charge in [-0.2, -0.15) is 0 Å². The first-order chi connectivity index (χ1) is 9.21. The molecule has 0 radical (unpaired) electrons. The van der Waals surface area contributed by atoms with Gasteiger partial charge in [-0.25, -0.2) is 8.42 Å². The number of benzene rings is 1. The van der Waals surface area contributed by atoms with Crippen LogP contribution in [0.1, 0.15) is 29.5 Å². The van der Waals surface area contributed by atoms with Crippen LogP contribution in [-0.4, -0.2) is 37.2 Å². The minimum atomic E-state index is -2.97. The second kappa shape index (κ2) is 5.37. The van der Waals surface area contributed by atoms with Crippen LogP contribution < -0.4 is 4.74 Å². The smallest absolute Gasteiger partial charge is 0.150 e. The SMILES string of the molecule is Cc1cc(OCC2(O)CCS(=O)(=O)CC2)cc(C)c1C. The molecule has 1 aliphatic heterocycles. The fraction of sp³-hybridized carbons (Fsp3) is 0.600. The summed E-state index contributed by atoms with van der Waals surface area (Å²) >= 11 is 0. The lowest BCUT2D eigenvalue weighted by Gasteiger charge is -2.31. The molecule has 0 bridgehead atoms. The van der Waals surface area contributed by atoms with Crippen LogP contribution in [0.25, 0.3) is 0 Å². The van der Waals surface area contributed by atoms with Crippen LogP contribution in [0.15, 0.2) is 12.1 Å². The molecule has 1 aliphatic rings. The Balaban J connectivity index is 2.02. The maximum absolute atomic E-state index is 11.4. The topological polar surface area (TPSA) is 63.6 Å². The lowest BCUT2D eigenvalue weighted by atomic mass is 9.98. The largest absolute Gasteiger partial charge is 0.491 e. The quantitative estimate of drug-likeness (QED) is 0.926. The first-order valence-electron chi connectivity index (χ1n) is 6.84. The molecule has 0 saturated carbocycles. The van der Waals surface area contributed by atoms with Crippen molar-refractivity contribution in [2.24, 2.45) is 0 Å². The molecule has 5 heteroatoms. The van der Waals surface area contributed by atoms with Crippen LogP contribution in [0.4, 0.5) is 0 Å². The van der Waals surface area contributed by atoms with Gasteiger partial charge in [-0.1, -0.05) is 0 Å². The van der Waals surface area contributed by atoms with E-state index in [9.17, 15) is 13.5 Å². The molecule has 1 fully saturated rings. The Morgan fingerprint density at radius 3 is 2.15 bits per heavy atom. The molecular weight excluding hydrogens is 276 g/mol. The summed E-state index contributed by atoms with van der Waals surface area (Å²) in [6, 6.07) is 3.90. The Kier molecular flexibility index (Phi) is 4.12. The van der Waals surface area contributed by atoms with Crippen molar-refractivity contribution in [2.45, 2.75) is 39.2 Å². The molecule has 2 rings (SSSR count). The number of aryl methyl sites for hydroxylation is 2.